The van der Waals surface area contributed by atoms with Crippen molar-refractivity contribution >= 4 is 34.2 Å². The molecule has 0 atom stereocenters. The molecule has 0 aromatic heterocycles. The number of carbonyl (C=O) groups is 1. The van der Waals surface area contributed by atoms with Gasteiger partial charge in [-0.15, -0.1) is 13.2 Å². The predicted molar refractivity (Wildman–Crippen MR) is 86.4 cm³/mol. The predicted octanol–water partition coefficient (Wildman–Crippen LogP) is 4.21. The van der Waals surface area contributed by atoms with Crippen LogP contribution in [0.4, 0.5) is 18.9 Å². The number of hydrogen-bond donors (Lipinski definition) is 1. The third-order valence-corrected chi connectivity index (χ3v) is 3.29. The number of benzene rings is 2. The Kier molecular flexibility index (Phi) is 5.69. The average molecular weight is 437 g/mol. The lowest BCUT2D eigenvalue weighted by molar-refractivity contribution is -0.274. The third-order valence-electron chi connectivity index (χ3n) is 2.57. The van der Waals surface area contributed by atoms with Crippen LogP contribution in [0.2, 0.25) is 0 Å². The number of amides is 1. The second-order valence-electron chi connectivity index (χ2n) is 4.33. The Morgan fingerprint density at radius 2 is 1.74 bits per heavy atom. The fourth-order valence-electron chi connectivity index (χ4n) is 1.65. The molecule has 0 unspecified atom stereocenters. The summed E-state index contributed by atoms with van der Waals surface area (Å²) in [6.07, 6.45) is -4.83. The molecule has 1 N–H and O–H groups in total. The van der Waals surface area contributed by atoms with Gasteiger partial charge in [-0.05, 0) is 59.0 Å². The van der Waals surface area contributed by atoms with E-state index in [0.29, 0.717) is 5.75 Å². The van der Waals surface area contributed by atoms with Crippen LogP contribution in [0.15, 0.2) is 48.5 Å². The highest BCUT2D eigenvalue weighted by Crippen LogP contribution is 2.29. The monoisotopic (exact) mass is 437 g/mol. The van der Waals surface area contributed by atoms with Crippen LogP contribution >= 0.6 is 22.6 Å². The van der Waals surface area contributed by atoms with Gasteiger partial charge in [-0.3, -0.25) is 4.79 Å². The van der Waals surface area contributed by atoms with E-state index < -0.39 is 18.0 Å². The van der Waals surface area contributed by atoms with Crippen LogP contribution < -0.4 is 14.8 Å². The van der Waals surface area contributed by atoms with Gasteiger partial charge >= 0.3 is 6.36 Å². The summed E-state index contributed by atoms with van der Waals surface area (Å²) >= 11 is 2.13. The highest BCUT2D eigenvalue weighted by atomic mass is 127. The SMILES string of the molecule is O=C(COc1ccc(I)cc1)Nc1ccccc1OC(F)(F)F. The van der Waals surface area contributed by atoms with E-state index >= 15 is 0 Å². The van der Waals surface area contributed by atoms with Crippen LogP contribution in [0, 0.1) is 3.57 Å². The molecule has 0 saturated heterocycles. The van der Waals surface area contributed by atoms with Crippen molar-refractivity contribution in [3.05, 3.63) is 52.1 Å². The number of nitrogens with one attached hydrogen (secondary N) is 1. The van der Waals surface area contributed by atoms with Crippen molar-refractivity contribution < 1.29 is 27.4 Å². The molecule has 122 valence electrons. The van der Waals surface area contributed by atoms with Crippen LogP contribution in [-0.4, -0.2) is 18.9 Å². The summed E-state index contributed by atoms with van der Waals surface area (Å²) in [7, 11) is 0. The summed E-state index contributed by atoms with van der Waals surface area (Å²) in [5.41, 5.74) is -0.0824. The largest absolute Gasteiger partial charge is 0.573 e. The van der Waals surface area contributed by atoms with Crippen LogP contribution in [-0.2, 0) is 4.79 Å². The molecule has 2 aromatic carbocycles. The number of para-hydroxylation sites is 2. The van der Waals surface area contributed by atoms with Gasteiger partial charge in [0.15, 0.2) is 12.4 Å². The maximum atomic E-state index is 12.3. The van der Waals surface area contributed by atoms with Gasteiger partial charge in [-0.1, -0.05) is 12.1 Å². The Bertz CT molecular complexity index is 674. The van der Waals surface area contributed by atoms with E-state index in [1.165, 1.54) is 18.2 Å². The second kappa shape index (κ2) is 7.53. The Morgan fingerprint density at radius 1 is 1.09 bits per heavy atom. The number of alkyl halides is 3. The third kappa shape index (κ3) is 5.97. The molecule has 0 radical (unpaired) electrons. The van der Waals surface area contributed by atoms with Crippen molar-refractivity contribution in [2.45, 2.75) is 6.36 Å². The molecule has 0 heterocycles. The van der Waals surface area contributed by atoms with Gasteiger partial charge < -0.3 is 14.8 Å². The molecule has 0 aliphatic heterocycles. The molecule has 0 bridgehead atoms. The molecule has 0 aliphatic rings. The highest BCUT2D eigenvalue weighted by Gasteiger charge is 2.32. The van der Waals surface area contributed by atoms with Crippen molar-refractivity contribution in [2.75, 3.05) is 11.9 Å². The lowest BCUT2D eigenvalue weighted by Gasteiger charge is -2.14. The van der Waals surface area contributed by atoms with Crippen LogP contribution in [0.3, 0.4) is 0 Å². The van der Waals surface area contributed by atoms with Crippen LogP contribution in [0.25, 0.3) is 0 Å². The molecule has 23 heavy (non-hydrogen) atoms. The van der Waals surface area contributed by atoms with Gasteiger partial charge in [0.25, 0.3) is 5.91 Å². The number of anilines is 1. The van der Waals surface area contributed by atoms with E-state index in [-0.39, 0.29) is 12.3 Å². The summed E-state index contributed by atoms with van der Waals surface area (Å²) in [5, 5.41) is 2.32. The van der Waals surface area contributed by atoms with Crippen LogP contribution in [0.5, 0.6) is 11.5 Å². The molecule has 0 saturated carbocycles. The van der Waals surface area contributed by atoms with Gasteiger partial charge in [-0.25, -0.2) is 0 Å². The van der Waals surface area contributed by atoms with E-state index in [9.17, 15) is 18.0 Å². The number of hydrogen-bond acceptors (Lipinski definition) is 3. The number of carbonyl (C=O) groups excluding carboxylic acids is 1. The molecule has 0 aliphatic carbocycles. The summed E-state index contributed by atoms with van der Waals surface area (Å²) in [6, 6.07) is 12.3. The van der Waals surface area contributed by atoms with Crippen molar-refractivity contribution in [3.8, 4) is 11.5 Å². The van der Waals surface area contributed by atoms with E-state index in [4.69, 9.17) is 4.74 Å². The number of ether oxygens (including phenoxy) is 2. The summed E-state index contributed by atoms with van der Waals surface area (Å²) < 4.78 is 47.0. The summed E-state index contributed by atoms with van der Waals surface area (Å²) in [5.74, 6) is -0.593. The minimum absolute atomic E-state index is 0.0824. The van der Waals surface area contributed by atoms with Crippen molar-refractivity contribution in [2.24, 2.45) is 0 Å². The van der Waals surface area contributed by atoms with Crippen molar-refractivity contribution in [1.29, 1.82) is 0 Å². The Labute approximate surface area is 143 Å². The minimum atomic E-state index is -4.83. The first-order valence-electron chi connectivity index (χ1n) is 6.36. The fraction of sp³-hybridized carbons (Fsp3) is 0.133. The zero-order valence-electron chi connectivity index (χ0n) is 11.6. The lowest BCUT2D eigenvalue weighted by atomic mass is 10.3. The maximum absolute atomic E-state index is 12.3. The molecule has 0 spiro atoms. The minimum Gasteiger partial charge on any atom is -0.484 e. The first kappa shape index (κ1) is 17.4. The normalized spacial score (nSPS) is 11.0. The van der Waals surface area contributed by atoms with E-state index in [1.54, 1.807) is 24.3 Å². The Morgan fingerprint density at radius 3 is 2.39 bits per heavy atom. The number of rotatable bonds is 5. The standard InChI is InChI=1S/C15H11F3INO3/c16-15(17,18)23-13-4-2-1-3-12(13)20-14(21)9-22-11-7-5-10(19)6-8-11/h1-8H,9H2,(H,20,21). The van der Waals surface area contributed by atoms with E-state index in [1.807, 2.05) is 0 Å². The summed E-state index contributed by atoms with van der Waals surface area (Å²) in [6.45, 7) is -0.332. The Balaban J connectivity index is 1.96. The van der Waals surface area contributed by atoms with Crippen LogP contribution in [0.1, 0.15) is 0 Å². The quantitative estimate of drug-likeness (QED) is 0.714. The van der Waals surface area contributed by atoms with E-state index in [0.717, 1.165) is 9.64 Å². The second-order valence-corrected chi connectivity index (χ2v) is 5.58. The van der Waals surface area contributed by atoms with Gasteiger partial charge in [0.1, 0.15) is 5.75 Å². The first-order valence-corrected chi connectivity index (χ1v) is 7.44. The molecule has 2 aromatic rings. The molecule has 4 nitrogen and oxygen atoms in total. The topological polar surface area (TPSA) is 47.6 Å². The van der Waals surface area contributed by atoms with Gasteiger partial charge in [-0.2, -0.15) is 0 Å². The first-order chi connectivity index (χ1) is 10.8. The number of halogens is 4. The average Bonchev–Trinajstić information content (AvgIpc) is 2.47. The van der Waals surface area contributed by atoms with Crippen molar-refractivity contribution in [3.63, 3.8) is 0 Å². The van der Waals surface area contributed by atoms with Gasteiger partial charge in [0.2, 0.25) is 0 Å². The maximum Gasteiger partial charge on any atom is 0.573 e. The van der Waals surface area contributed by atoms with E-state index in [2.05, 4.69) is 32.6 Å². The zero-order valence-corrected chi connectivity index (χ0v) is 13.7. The molecule has 2 rings (SSSR count). The molecule has 8 heteroatoms. The molecule has 1 amide bonds. The highest BCUT2D eigenvalue weighted by molar-refractivity contribution is 14.1. The van der Waals surface area contributed by atoms with Gasteiger partial charge in [0.05, 0.1) is 5.69 Å². The van der Waals surface area contributed by atoms with Gasteiger partial charge in [0, 0.05) is 3.57 Å². The molecule has 0 fully saturated rings. The lowest BCUT2D eigenvalue weighted by Crippen LogP contribution is -2.22. The van der Waals surface area contributed by atoms with Crippen molar-refractivity contribution in [1.82, 2.24) is 0 Å². The Hall–Kier alpha value is -1.97. The molecular weight excluding hydrogens is 426 g/mol. The smallest absolute Gasteiger partial charge is 0.484 e. The fourth-order valence-corrected chi connectivity index (χ4v) is 2.01. The zero-order chi connectivity index (χ0) is 16.9. The summed E-state index contributed by atoms with van der Waals surface area (Å²) in [4.78, 5) is 11.8. The molecular formula is C15H11F3INO3.